The van der Waals surface area contributed by atoms with Crippen LogP contribution >= 0.6 is 15.9 Å². The van der Waals surface area contributed by atoms with Crippen LogP contribution in [0.4, 0.5) is 0 Å². The van der Waals surface area contributed by atoms with E-state index in [1.807, 2.05) is 0 Å². The van der Waals surface area contributed by atoms with Crippen LogP contribution in [0, 0.1) is 5.92 Å². The fourth-order valence-electron chi connectivity index (χ4n) is 1.81. The van der Waals surface area contributed by atoms with Crippen molar-refractivity contribution in [3.05, 3.63) is 10.7 Å². The van der Waals surface area contributed by atoms with Crippen LogP contribution in [0.15, 0.2) is 10.7 Å². The molecule has 17 heavy (non-hydrogen) atoms. The first kappa shape index (κ1) is 12.6. The van der Waals surface area contributed by atoms with Crippen molar-refractivity contribution in [2.24, 2.45) is 5.92 Å². The lowest BCUT2D eigenvalue weighted by Crippen LogP contribution is -2.33. The van der Waals surface area contributed by atoms with Crippen molar-refractivity contribution in [3.63, 3.8) is 0 Å². The maximum atomic E-state index is 5.58. The van der Waals surface area contributed by atoms with Crippen molar-refractivity contribution in [2.75, 3.05) is 26.8 Å². The van der Waals surface area contributed by atoms with E-state index in [9.17, 15) is 0 Å². The molecular formula is C11H16BrN3O2. The Balaban J connectivity index is 1.89. The summed E-state index contributed by atoms with van der Waals surface area (Å²) in [6.45, 7) is 2.77. The monoisotopic (exact) mass is 301 g/mol. The van der Waals surface area contributed by atoms with Gasteiger partial charge in [-0.3, -0.25) is 0 Å². The van der Waals surface area contributed by atoms with E-state index in [0.29, 0.717) is 24.4 Å². The Bertz CT molecular complexity index is 370. The first-order valence-electron chi connectivity index (χ1n) is 5.69. The van der Waals surface area contributed by atoms with Gasteiger partial charge in [-0.05, 0) is 35.3 Å². The number of hydrogen-bond donors (Lipinski definition) is 1. The van der Waals surface area contributed by atoms with Gasteiger partial charge in [0.2, 0.25) is 5.88 Å². The van der Waals surface area contributed by atoms with E-state index in [1.165, 1.54) is 12.8 Å². The summed E-state index contributed by atoms with van der Waals surface area (Å²) >= 11 is 3.30. The molecular weight excluding hydrogens is 286 g/mol. The third-order valence-electron chi connectivity index (χ3n) is 2.73. The van der Waals surface area contributed by atoms with Crippen molar-refractivity contribution >= 4 is 15.9 Å². The SMILES string of the molecule is COc1nc(OCC2CCCNC2)ncc1Br. The van der Waals surface area contributed by atoms with Crippen LogP contribution in [-0.2, 0) is 0 Å². The van der Waals surface area contributed by atoms with Crippen molar-refractivity contribution < 1.29 is 9.47 Å². The Morgan fingerprint density at radius 1 is 1.59 bits per heavy atom. The lowest BCUT2D eigenvalue weighted by Gasteiger charge is -2.22. The minimum atomic E-state index is 0.371. The molecule has 94 valence electrons. The molecule has 1 fully saturated rings. The van der Waals surface area contributed by atoms with Gasteiger partial charge in [0.25, 0.3) is 0 Å². The van der Waals surface area contributed by atoms with Crippen molar-refractivity contribution in [3.8, 4) is 11.9 Å². The second-order valence-electron chi connectivity index (χ2n) is 4.03. The van der Waals surface area contributed by atoms with Crippen LogP contribution in [0.1, 0.15) is 12.8 Å². The van der Waals surface area contributed by atoms with E-state index in [4.69, 9.17) is 9.47 Å². The Kier molecular flexibility index (Phi) is 4.56. The highest BCUT2D eigenvalue weighted by Crippen LogP contribution is 2.23. The fourth-order valence-corrected chi connectivity index (χ4v) is 2.16. The van der Waals surface area contributed by atoms with E-state index in [0.717, 1.165) is 17.6 Å². The average Bonchev–Trinajstić information content (AvgIpc) is 2.39. The van der Waals surface area contributed by atoms with Crippen LogP contribution in [0.3, 0.4) is 0 Å². The molecule has 1 unspecified atom stereocenters. The zero-order valence-electron chi connectivity index (χ0n) is 9.78. The lowest BCUT2D eigenvalue weighted by molar-refractivity contribution is 0.202. The number of nitrogens with zero attached hydrogens (tertiary/aromatic N) is 2. The number of ether oxygens (including phenoxy) is 2. The smallest absolute Gasteiger partial charge is 0.319 e. The lowest BCUT2D eigenvalue weighted by atomic mass is 10.0. The summed E-state index contributed by atoms with van der Waals surface area (Å²) in [5.41, 5.74) is 0. The van der Waals surface area contributed by atoms with Crippen LogP contribution in [0.2, 0.25) is 0 Å². The molecule has 0 aromatic carbocycles. The zero-order valence-corrected chi connectivity index (χ0v) is 11.4. The van der Waals surface area contributed by atoms with Crippen molar-refractivity contribution in [2.45, 2.75) is 12.8 Å². The normalized spacial score (nSPS) is 20.0. The van der Waals surface area contributed by atoms with Gasteiger partial charge < -0.3 is 14.8 Å². The number of aromatic nitrogens is 2. The number of piperidine rings is 1. The Morgan fingerprint density at radius 3 is 3.18 bits per heavy atom. The van der Waals surface area contributed by atoms with Gasteiger partial charge in [0.05, 0.1) is 24.4 Å². The summed E-state index contributed by atoms with van der Waals surface area (Å²) in [5, 5.41) is 3.35. The second-order valence-corrected chi connectivity index (χ2v) is 4.89. The number of hydrogen-bond acceptors (Lipinski definition) is 5. The van der Waals surface area contributed by atoms with E-state index < -0.39 is 0 Å². The van der Waals surface area contributed by atoms with Crippen molar-refractivity contribution in [1.29, 1.82) is 0 Å². The number of methoxy groups -OCH3 is 1. The topological polar surface area (TPSA) is 56.3 Å². The summed E-state index contributed by atoms with van der Waals surface area (Å²) in [6, 6.07) is 0.371. The molecule has 0 saturated carbocycles. The van der Waals surface area contributed by atoms with E-state index >= 15 is 0 Å². The number of nitrogens with one attached hydrogen (secondary N) is 1. The van der Waals surface area contributed by atoms with Crippen LogP contribution in [0.5, 0.6) is 11.9 Å². The average molecular weight is 302 g/mol. The van der Waals surface area contributed by atoms with Crippen LogP contribution in [-0.4, -0.2) is 36.8 Å². The predicted molar refractivity (Wildman–Crippen MR) is 67.4 cm³/mol. The van der Waals surface area contributed by atoms with Crippen LogP contribution < -0.4 is 14.8 Å². The maximum absolute atomic E-state index is 5.58. The molecule has 2 rings (SSSR count). The highest BCUT2D eigenvalue weighted by Gasteiger charge is 2.14. The third kappa shape index (κ3) is 3.54. The largest absolute Gasteiger partial charge is 0.480 e. The van der Waals surface area contributed by atoms with Gasteiger partial charge in [0, 0.05) is 12.5 Å². The van der Waals surface area contributed by atoms with Gasteiger partial charge in [-0.1, -0.05) is 0 Å². The minimum absolute atomic E-state index is 0.371. The fraction of sp³-hybridized carbons (Fsp3) is 0.636. The minimum Gasteiger partial charge on any atom is -0.480 e. The standard InChI is InChI=1S/C11H16BrN3O2/c1-16-10-9(12)6-14-11(15-10)17-7-8-3-2-4-13-5-8/h6,8,13H,2-5,7H2,1H3. The molecule has 5 nitrogen and oxygen atoms in total. The summed E-state index contributed by atoms with van der Waals surface area (Å²) in [4.78, 5) is 8.24. The first-order valence-corrected chi connectivity index (χ1v) is 6.49. The molecule has 1 atom stereocenters. The predicted octanol–water partition coefficient (Wildman–Crippen LogP) is 1.63. The Labute approximate surface area is 109 Å². The van der Waals surface area contributed by atoms with Gasteiger partial charge in [-0.15, -0.1) is 0 Å². The summed E-state index contributed by atoms with van der Waals surface area (Å²) in [6.07, 6.45) is 4.04. The summed E-state index contributed by atoms with van der Waals surface area (Å²) in [7, 11) is 1.57. The van der Waals surface area contributed by atoms with E-state index in [-0.39, 0.29) is 0 Å². The first-order chi connectivity index (χ1) is 8.29. The van der Waals surface area contributed by atoms with Gasteiger partial charge in [0.1, 0.15) is 0 Å². The van der Waals surface area contributed by atoms with Crippen LogP contribution in [0.25, 0.3) is 0 Å². The number of rotatable bonds is 4. The summed E-state index contributed by atoms with van der Waals surface area (Å²) < 4.78 is 11.4. The molecule has 6 heteroatoms. The molecule has 1 aliphatic heterocycles. The van der Waals surface area contributed by atoms with Gasteiger partial charge in [-0.25, -0.2) is 4.98 Å². The third-order valence-corrected chi connectivity index (χ3v) is 3.27. The Morgan fingerprint density at radius 2 is 2.47 bits per heavy atom. The van der Waals surface area contributed by atoms with Gasteiger partial charge >= 0.3 is 6.01 Å². The molecule has 0 radical (unpaired) electrons. The van der Waals surface area contributed by atoms with E-state index in [2.05, 4.69) is 31.2 Å². The molecule has 1 aromatic rings. The molecule has 1 N–H and O–H groups in total. The maximum Gasteiger partial charge on any atom is 0.319 e. The molecule has 0 aliphatic carbocycles. The highest BCUT2D eigenvalue weighted by atomic mass is 79.9. The molecule has 2 heterocycles. The molecule has 1 saturated heterocycles. The second kappa shape index (κ2) is 6.16. The zero-order chi connectivity index (χ0) is 12.1. The van der Waals surface area contributed by atoms with Crippen molar-refractivity contribution in [1.82, 2.24) is 15.3 Å². The molecule has 0 amide bonds. The molecule has 0 spiro atoms. The summed E-state index contributed by atoms with van der Waals surface area (Å²) in [5.74, 6) is 1.04. The number of halogens is 1. The Hall–Kier alpha value is -0.880. The molecule has 0 bridgehead atoms. The quantitative estimate of drug-likeness (QED) is 0.916. The van der Waals surface area contributed by atoms with E-state index in [1.54, 1.807) is 13.3 Å². The van der Waals surface area contributed by atoms with Gasteiger partial charge in [0.15, 0.2) is 0 Å². The molecule has 1 aromatic heterocycles. The highest BCUT2D eigenvalue weighted by molar-refractivity contribution is 9.10. The molecule has 1 aliphatic rings. The van der Waals surface area contributed by atoms with Gasteiger partial charge in [-0.2, -0.15) is 4.98 Å².